The van der Waals surface area contributed by atoms with Gasteiger partial charge in [0.15, 0.2) is 0 Å². The van der Waals surface area contributed by atoms with Crippen LogP contribution in [-0.4, -0.2) is 72.7 Å². The molecule has 162 valence electrons. The number of ether oxygens (including phenoxy) is 6. The van der Waals surface area contributed by atoms with E-state index in [0.29, 0.717) is 77.5 Å². The topological polar surface area (TPSA) is 81.4 Å². The summed E-state index contributed by atoms with van der Waals surface area (Å²) < 4.78 is 32.7. The zero-order valence-electron chi connectivity index (χ0n) is 17.2. The van der Waals surface area contributed by atoms with E-state index in [-0.39, 0.29) is 0 Å². The molecule has 0 saturated carbocycles. The Kier molecular flexibility index (Phi) is 16.7. The summed E-state index contributed by atoms with van der Waals surface area (Å²) >= 11 is 0. The number of hydrogen-bond donors (Lipinski definition) is 1. The lowest BCUT2D eigenvalue weighted by Gasteiger charge is -2.09. The van der Waals surface area contributed by atoms with Gasteiger partial charge in [0.1, 0.15) is 12.4 Å². The van der Waals surface area contributed by atoms with Crippen molar-refractivity contribution >= 4 is 5.69 Å². The van der Waals surface area contributed by atoms with E-state index in [2.05, 4.69) is 6.92 Å². The molecule has 0 saturated heterocycles. The third-order valence-electron chi connectivity index (χ3n) is 3.78. The summed E-state index contributed by atoms with van der Waals surface area (Å²) in [5.74, 6) is 0.683. The quantitative estimate of drug-likeness (QED) is 0.267. The lowest BCUT2D eigenvalue weighted by atomic mass is 10.3. The summed E-state index contributed by atoms with van der Waals surface area (Å²) in [5.41, 5.74) is 6.42. The first-order chi connectivity index (χ1) is 13.8. The van der Waals surface area contributed by atoms with Crippen LogP contribution in [0.15, 0.2) is 24.3 Å². The standard InChI is InChI=1S/C21H37NO6/c1-2-3-6-9-23-10-11-24-12-13-25-14-15-26-16-17-27-18-19-28-21-8-5-4-7-20(21)22/h4-5,7-8H,2-3,6,9-19,22H2,1H3. The summed E-state index contributed by atoms with van der Waals surface area (Å²) in [4.78, 5) is 0. The number of nitrogen functional groups attached to an aromatic ring is 1. The lowest BCUT2D eigenvalue weighted by molar-refractivity contribution is -0.0128. The molecule has 0 aliphatic heterocycles. The van der Waals surface area contributed by atoms with Crippen LogP contribution in [0.2, 0.25) is 0 Å². The minimum absolute atomic E-state index is 0.459. The molecule has 0 aliphatic rings. The molecular weight excluding hydrogens is 362 g/mol. The normalized spacial score (nSPS) is 11.0. The molecule has 0 atom stereocenters. The second-order valence-corrected chi connectivity index (χ2v) is 6.16. The third kappa shape index (κ3) is 14.6. The summed E-state index contributed by atoms with van der Waals surface area (Å²) in [6, 6.07) is 7.41. The maximum Gasteiger partial charge on any atom is 0.142 e. The maximum absolute atomic E-state index is 5.79. The van der Waals surface area contributed by atoms with Gasteiger partial charge in [0.2, 0.25) is 0 Å². The van der Waals surface area contributed by atoms with E-state index < -0.39 is 0 Å². The Hall–Kier alpha value is -1.38. The highest BCUT2D eigenvalue weighted by Gasteiger charge is 1.98. The molecule has 1 aromatic carbocycles. The maximum atomic E-state index is 5.79. The predicted octanol–water partition coefficient (Wildman–Crippen LogP) is 2.92. The number of para-hydroxylation sites is 2. The molecule has 0 fully saturated rings. The number of benzene rings is 1. The second-order valence-electron chi connectivity index (χ2n) is 6.16. The van der Waals surface area contributed by atoms with Crippen LogP contribution in [0, 0.1) is 0 Å². The lowest BCUT2D eigenvalue weighted by Crippen LogP contribution is -2.14. The number of rotatable bonds is 20. The van der Waals surface area contributed by atoms with E-state index >= 15 is 0 Å². The van der Waals surface area contributed by atoms with Crippen LogP contribution in [0.25, 0.3) is 0 Å². The first-order valence-corrected chi connectivity index (χ1v) is 10.2. The molecule has 0 aliphatic carbocycles. The fourth-order valence-electron chi connectivity index (χ4n) is 2.26. The van der Waals surface area contributed by atoms with Gasteiger partial charge in [-0.1, -0.05) is 31.9 Å². The van der Waals surface area contributed by atoms with E-state index in [9.17, 15) is 0 Å². The SMILES string of the molecule is CCCCCOCCOCCOCCOCCOCCOc1ccccc1N. The van der Waals surface area contributed by atoms with Crippen molar-refractivity contribution in [3.05, 3.63) is 24.3 Å². The van der Waals surface area contributed by atoms with Crippen LogP contribution in [-0.2, 0) is 23.7 Å². The Bertz CT molecular complexity index is 460. The van der Waals surface area contributed by atoms with Crippen molar-refractivity contribution in [2.45, 2.75) is 26.2 Å². The third-order valence-corrected chi connectivity index (χ3v) is 3.78. The molecule has 7 heteroatoms. The smallest absolute Gasteiger partial charge is 0.142 e. The second kappa shape index (κ2) is 19.0. The molecule has 0 unspecified atom stereocenters. The van der Waals surface area contributed by atoms with E-state index in [1.165, 1.54) is 12.8 Å². The summed E-state index contributed by atoms with van der Waals surface area (Å²) in [6.07, 6.45) is 3.57. The van der Waals surface area contributed by atoms with Crippen molar-refractivity contribution in [1.82, 2.24) is 0 Å². The molecule has 1 rings (SSSR count). The van der Waals surface area contributed by atoms with Crippen molar-refractivity contribution in [1.29, 1.82) is 0 Å². The average molecular weight is 400 g/mol. The Morgan fingerprint density at radius 3 is 1.57 bits per heavy atom. The van der Waals surface area contributed by atoms with Gasteiger partial charge in [-0.05, 0) is 18.6 Å². The minimum atomic E-state index is 0.459. The van der Waals surface area contributed by atoms with E-state index in [0.717, 1.165) is 13.0 Å². The van der Waals surface area contributed by atoms with Gasteiger partial charge in [-0.3, -0.25) is 0 Å². The zero-order chi connectivity index (χ0) is 20.1. The molecular formula is C21H37NO6. The molecule has 2 N–H and O–H groups in total. The number of unbranched alkanes of at least 4 members (excludes halogenated alkanes) is 2. The molecule has 0 heterocycles. The highest BCUT2D eigenvalue weighted by Crippen LogP contribution is 2.19. The minimum Gasteiger partial charge on any atom is -0.489 e. The van der Waals surface area contributed by atoms with Gasteiger partial charge in [0, 0.05) is 6.61 Å². The molecule has 0 spiro atoms. The van der Waals surface area contributed by atoms with Crippen LogP contribution < -0.4 is 10.5 Å². The Morgan fingerprint density at radius 2 is 1.07 bits per heavy atom. The van der Waals surface area contributed by atoms with E-state index in [1.54, 1.807) is 0 Å². The summed E-state index contributed by atoms with van der Waals surface area (Å²) in [7, 11) is 0. The molecule has 1 aromatic rings. The molecule has 28 heavy (non-hydrogen) atoms. The van der Waals surface area contributed by atoms with Crippen LogP contribution >= 0.6 is 0 Å². The van der Waals surface area contributed by atoms with Gasteiger partial charge in [-0.25, -0.2) is 0 Å². The van der Waals surface area contributed by atoms with Gasteiger partial charge in [-0.2, -0.15) is 0 Å². The van der Waals surface area contributed by atoms with E-state index in [4.69, 9.17) is 34.2 Å². The fraction of sp³-hybridized carbons (Fsp3) is 0.714. The number of anilines is 1. The highest BCUT2D eigenvalue weighted by atomic mass is 16.6. The predicted molar refractivity (Wildman–Crippen MR) is 110 cm³/mol. The highest BCUT2D eigenvalue weighted by molar-refractivity contribution is 5.51. The van der Waals surface area contributed by atoms with Crippen LogP contribution in [0.1, 0.15) is 26.2 Å². The Labute approximate surface area is 169 Å². The monoisotopic (exact) mass is 399 g/mol. The first kappa shape index (κ1) is 24.7. The average Bonchev–Trinajstić information content (AvgIpc) is 2.71. The van der Waals surface area contributed by atoms with Crippen molar-refractivity contribution in [3.8, 4) is 5.75 Å². The van der Waals surface area contributed by atoms with Gasteiger partial charge < -0.3 is 34.2 Å². The largest absolute Gasteiger partial charge is 0.489 e. The Morgan fingerprint density at radius 1 is 0.607 bits per heavy atom. The zero-order valence-corrected chi connectivity index (χ0v) is 17.2. The van der Waals surface area contributed by atoms with Crippen LogP contribution in [0.5, 0.6) is 5.75 Å². The van der Waals surface area contributed by atoms with Gasteiger partial charge >= 0.3 is 0 Å². The molecule has 0 aromatic heterocycles. The van der Waals surface area contributed by atoms with Crippen molar-refractivity contribution < 1.29 is 28.4 Å². The molecule has 0 amide bonds. The van der Waals surface area contributed by atoms with Gasteiger partial charge in [0.05, 0.1) is 65.1 Å². The van der Waals surface area contributed by atoms with E-state index in [1.807, 2.05) is 24.3 Å². The number of nitrogens with two attached hydrogens (primary N) is 1. The van der Waals surface area contributed by atoms with Crippen LogP contribution in [0.4, 0.5) is 5.69 Å². The van der Waals surface area contributed by atoms with Crippen molar-refractivity contribution in [2.75, 3.05) is 78.4 Å². The molecule has 0 radical (unpaired) electrons. The molecule has 7 nitrogen and oxygen atoms in total. The van der Waals surface area contributed by atoms with Crippen LogP contribution in [0.3, 0.4) is 0 Å². The Balaban J connectivity index is 1.72. The van der Waals surface area contributed by atoms with Gasteiger partial charge in [0.25, 0.3) is 0 Å². The van der Waals surface area contributed by atoms with Gasteiger partial charge in [-0.15, -0.1) is 0 Å². The number of hydrogen-bond acceptors (Lipinski definition) is 7. The first-order valence-electron chi connectivity index (χ1n) is 10.2. The molecule has 0 bridgehead atoms. The van der Waals surface area contributed by atoms with Crippen molar-refractivity contribution in [2.24, 2.45) is 0 Å². The fourth-order valence-corrected chi connectivity index (χ4v) is 2.26. The van der Waals surface area contributed by atoms with Crippen molar-refractivity contribution in [3.63, 3.8) is 0 Å². The summed E-state index contributed by atoms with van der Waals surface area (Å²) in [5, 5.41) is 0. The summed E-state index contributed by atoms with van der Waals surface area (Å²) in [6.45, 7) is 8.51.